The molecule has 1 aromatic carbocycles. The smallest absolute Gasteiger partial charge is 0.134 e. The van der Waals surface area contributed by atoms with Crippen LogP contribution in [0.2, 0.25) is 0 Å². The third-order valence-corrected chi connectivity index (χ3v) is 3.24. The number of nitrogens with two attached hydrogens (primary N) is 2. The van der Waals surface area contributed by atoms with Gasteiger partial charge in [-0.2, -0.15) is 0 Å². The molecular weight excluding hydrogens is 324 g/mol. The first-order chi connectivity index (χ1) is 7.06. The van der Waals surface area contributed by atoms with Crippen molar-refractivity contribution in [2.24, 2.45) is 11.5 Å². The van der Waals surface area contributed by atoms with Gasteiger partial charge in [0.15, 0.2) is 0 Å². The van der Waals surface area contributed by atoms with Crippen molar-refractivity contribution in [3.8, 4) is 5.75 Å². The number of benzene rings is 1. The molecule has 1 rings (SSSR count). The van der Waals surface area contributed by atoms with Crippen LogP contribution in [0.5, 0.6) is 5.75 Å². The summed E-state index contributed by atoms with van der Waals surface area (Å²) < 4.78 is 1.54. The van der Waals surface area contributed by atoms with E-state index in [4.69, 9.17) is 11.5 Å². The first-order valence-electron chi connectivity index (χ1n) is 4.69. The number of aromatic hydroxyl groups is 1. The molecule has 5 N–H and O–H groups in total. The van der Waals surface area contributed by atoms with Gasteiger partial charge in [0.2, 0.25) is 0 Å². The van der Waals surface area contributed by atoms with E-state index in [1.54, 1.807) is 6.07 Å². The van der Waals surface area contributed by atoms with Crippen molar-refractivity contribution in [1.82, 2.24) is 0 Å². The molecule has 0 saturated heterocycles. The van der Waals surface area contributed by atoms with Crippen LogP contribution in [-0.2, 0) is 0 Å². The van der Waals surface area contributed by atoms with Gasteiger partial charge in [0.25, 0.3) is 0 Å². The Kier molecular flexibility index (Phi) is 5.05. The third kappa shape index (κ3) is 3.45. The number of hydrogen-bond acceptors (Lipinski definition) is 3. The van der Waals surface area contributed by atoms with Crippen LogP contribution in [0.3, 0.4) is 0 Å². The van der Waals surface area contributed by atoms with Crippen LogP contribution in [-0.4, -0.2) is 11.7 Å². The maximum Gasteiger partial charge on any atom is 0.134 e. The molecule has 0 radical (unpaired) electrons. The van der Waals surface area contributed by atoms with Crippen molar-refractivity contribution in [2.75, 3.05) is 6.54 Å². The zero-order chi connectivity index (χ0) is 11.4. The van der Waals surface area contributed by atoms with E-state index in [2.05, 4.69) is 31.9 Å². The van der Waals surface area contributed by atoms with Crippen LogP contribution < -0.4 is 11.5 Å². The Morgan fingerprint density at radius 3 is 2.60 bits per heavy atom. The first kappa shape index (κ1) is 13.0. The molecule has 3 nitrogen and oxygen atoms in total. The zero-order valence-corrected chi connectivity index (χ0v) is 11.4. The maximum absolute atomic E-state index is 9.81. The molecule has 0 saturated carbocycles. The van der Waals surface area contributed by atoms with Crippen LogP contribution in [0.15, 0.2) is 21.1 Å². The van der Waals surface area contributed by atoms with E-state index in [-0.39, 0.29) is 11.8 Å². The molecule has 1 aromatic rings. The van der Waals surface area contributed by atoms with Crippen LogP contribution in [0.4, 0.5) is 0 Å². The highest BCUT2D eigenvalue weighted by Crippen LogP contribution is 2.35. The standard InChI is InChI=1S/C10H14Br2N2O/c11-6-4-7(9(14)2-1-3-13)10(15)8(12)5-6/h4-5,9,15H,1-3,13-14H2/t9-/m0/s1. The Morgan fingerprint density at radius 2 is 2.00 bits per heavy atom. The summed E-state index contributed by atoms with van der Waals surface area (Å²) in [6, 6.07) is 3.44. The van der Waals surface area contributed by atoms with Crippen LogP contribution in [0.25, 0.3) is 0 Å². The van der Waals surface area contributed by atoms with Gasteiger partial charge >= 0.3 is 0 Å². The summed E-state index contributed by atoms with van der Waals surface area (Å²) in [5, 5.41) is 9.81. The molecule has 84 valence electrons. The maximum atomic E-state index is 9.81. The minimum atomic E-state index is -0.178. The van der Waals surface area contributed by atoms with Gasteiger partial charge in [0.1, 0.15) is 5.75 Å². The summed E-state index contributed by atoms with van der Waals surface area (Å²) >= 11 is 6.64. The highest BCUT2D eigenvalue weighted by Gasteiger charge is 2.13. The summed E-state index contributed by atoms with van der Waals surface area (Å²) in [5.41, 5.74) is 12.1. The van der Waals surface area contributed by atoms with Crippen molar-refractivity contribution < 1.29 is 5.11 Å². The van der Waals surface area contributed by atoms with Gasteiger partial charge in [-0.1, -0.05) is 15.9 Å². The van der Waals surface area contributed by atoms with Crippen molar-refractivity contribution in [3.05, 3.63) is 26.6 Å². The molecule has 5 heteroatoms. The van der Waals surface area contributed by atoms with E-state index in [0.717, 1.165) is 22.9 Å². The molecule has 1 atom stereocenters. The predicted molar refractivity (Wildman–Crippen MR) is 68.7 cm³/mol. The lowest BCUT2D eigenvalue weighted by Crippen LogP contribution is -2.12. The fourth-order valence-corrected chi connectivity index (χ4v) is 2.62. The van der Waals surface area contributed by atoms with Crippen LogP contribution in [0.1, 0.15) is 24.4 Å². The molecule has 15 heavy (non-hydrogen) atoms. The average molecular weight is 338 g/mol. The Hall–Kier alpha value is -0.100. The average Bonchev–Trinajstić information content (AvgIpc) is 2.19. The lowest BCUT2D eigenvalue weighted by molar-refractivity contribution is 0.454. The highest BCUT2D eigenvalue weighted by molar-refractivity contribution is 9.11. The topological polar surface area (TPSA) is 72.3 Å². The largest absolute Gasteiger partial charge is 0.506 e. The lowest BCUT2D eigenvalue weighted by atomic mass is 10.0. The monoisotopic (exact) mass is 336 g/mol. The van der Waals surface area contributed by atoms with Gasteiger partial charge in [-0.05, 0) is 47.4 Å². The minimum Gasteiger partial charge on any atom is -0.506 e. The number of rotatable bonds is 4. The molecule has 0 fully saturated rings. The van der Waals surface area contributed by atoms with Gasteiger partial charge < -0.3 is 16.6 Å². The second-order valence-electron chi connectivity index (χ2n) is 3.36. The summed E-state index contributed by atoms with van der Waals surface area (Å²) in [4.78, 5) is 0. The molecule has 0 aliphatic heterocycles. The van der Waals surface area contributed by atoms with Crippen molar-refractivity contribution >= 4 is 31.9 Å². The normalized spacial score (nSPS) is 12.8. The van der Waals surface area contributed by atoms with Gasteiger partial charge in [-0.15, -0.1) is 0 Å². The lowest BCUT2D eigenvalue weighted by Gasteiger charge is -2.14. The third-order valence-electron chi connectivity index (χ3n) is 2.18. The molecule has 0 unspecified atom stereocenters. The molecule has 0 bridgehead atoms. The highest BCUT2D eigenvalue weighted by atomic mass is 79.9. The van der Waals surface area contributed by atoms with Gasteiger partial charge in [0, 0.05) is 16.1 Å². The molecule has 0 heterocycles. The SMILES string of the molecule is NCCC[C@H](N)c1cc(Br)cc(Br)c1O. The molecule has 0 aromatic heterocycles. The second kappa shape index (κ2) is 5.84. The quantitative estimate of drug-likeness (QED) is 0.790. The number of halogens is 2. The van der Waals surface area contributed by atoms with E-state index in [1.807, 2.05) is 6.07 Å². The van der Waals surface area contributed by atoms with E-state index in [0.29, 0.717) is 11.0 Å². The van der Waals surface area contributed by atoms with Crippen molar-refractivity contribution in [1.29, 1.82) is 0 Å². The Balaban J connectivity index is 2.92. The first-order valence-corrected chi connectivity index (χ1v) is 6.28. The number of phenols is 1. The molecule has 0 amide bonds. The predicted octanol–water partition coefficient (Wildman–Crippen LogP) is 2.66. The Labute approximate surface area is 106 Å². The minimum absolute atomic E-state index is 0.178. The van der Waals surface area contributed by atoms with E-state index >= 15 is 0 Å². The summed E-state index contributed by atoms with van der Waals surface area (Å²) in [6.07, 6.45) is 1.62. The fraction of sp³-hybridized carbons (Fsp3) is 0.400. The number of hydrogen-bond donors (Lipinski definition) is 3. The zero-order valence-electron chi connectivity index (χ0n) is 8.21. The molecular formula is C10H14Br2N2O. The summed E-state index contributed by atoms with van der Waals surface area (Å²) in [7, 11) is 0. The van der Waals surface area contributed by atoms with Crippen LogP contribution in [0, 0.1) is 0 Å². The van der Waals surface area contributed by atoms with E-state index in [9.17, 15) is 5.11 Å². The Morgan fingerprint density at radius 1 is 1.33 bits per heavy atom. The summed E-state index contributed by atoms with van der Waals surface area (Å²) in [5.74, 6) is 0.211. The summed E-state index contributed by atoms with van der Waals surface area (Å²) in [6.45, 7) is 0.615. The molecule has 0 spiro atoms. The molecule has 0 aliphatic carbocycles. The molecule has 0 aliphatic rings. The van der Waals surface area contributed by atoms with Gasteiger partial charge in [0.05, 0.1) is 4.47 Å². The van der Waals surface area contributed by atoms with E-state index in [1.165, 1.54) is 0 Å². The van der Waals surface area contributed by atoms with Gasteiger partial charge in [-0.25, -0.2) is 0 Å². The number of phenolic OH excluding ortho intramolecular Hbond substituents is 1. The Bertz CT molecular complexity index is 344. The fourth-order valence-electron chi connectivity index (χ4n) is 1.36. The van der Waals surface area contributed by atoms with Crippen LogP contribution >= 0.6 is 31.9 Å². The van der Waals surface area contributed by atoms with Crippen molar-refractivity contribution in [3.63, 3.8) is 0 Å². The van der Waals surface area contributed by atoms with Crippen molar-refractivity contribution in [2.45, 2.75) is 18.9 Å². The van der Waals surface area contributed by atoms with E-state index < -0.39 is 0 Å². The van der Waals surface area contributed by atoms with Gasteiger partial charge in [-0.3, -0.25) is 0 Å². The second-order valence-corrected chi connectivity index (χ2v) is 5.13.